The molecule has 2 nitrogen and oxygen atoms in total. The van der Waals surface area contributed by atoms with Gasteiger partial charge in [-0.05, 0) is 42.5 Å². The van der Waals surface area contributed by atoms with Gasteiger partial charge in [-0.1, -0.05) is 19.1 Å². The molecule has 0 fully saturated rings. The van der Waals surface area contributed by atoms with Gasteiger partial charge in [0.2, 0.25) is 0 Å². The molecule has 1 aromatic rings. The van der Waals surface area contributed by atoms with Crippen molar-refractivity contribution in [1.82, 2.24) is 4.90 Å². The van der Waals surface area contributed by atoms with Gasteiger partial charge < -0.3 is 4.90 Å². The van der Waals surface area contributed by atoms with Crippen LogP contribution in [0.15, 0.2) is 24.3 Å². The highest BCUT2D eigenvalue weighted by Gasteiger charge is 2.10. The van der Waals surface area contributed by atoms with Crippen molar-refractivity contribution >= 4 is 17.7 Å². The second kappa shape index (κ2) is 7.38. The third-order valence-electron chi connectivity index (χ3n) is 2.80. The smallest absolute Gasteiger partial charge is 0.253 e. The van der Waals surface area contributed by atoms with E-state index in [1.165, 1.54) is 5.56 Å². The molecule has 0 aromatic heterocycles. The van der Waals surface area contributed by atoms with Crippen LogP contribution in [0.25, 0.3) is 0 Å². The van der Waals surface area contributed by atoms with Crippen LogP contribution >= 0.6 is 11.8 Å². The first-order chi connectivity index (χ1) is 8.19. The summed E-state index contributed by atoms with van der Waals surface area (Å²) in [4.78, 5) is 13.9. The summed E-state index contributed by atoms with van der Waals surface area (Å²) in [5.74, 6) is 1.22. The van der Waals surface area contributed by atoms with Gasteiger partial charge in [-0.25, -0.2) is 0 Å². The average molecular weight is 251 g/mol. The Morgan fingerprint density at radius 1 is 1.29 bits per heavy atom. The fourth-order valence-corrected chi connectivity index (χ4v) is 2.07. The summed E-state index contributed by atoms with van der Waals surface area (Å²) in [6.07, 6.45) is 4.15. The maximum absolute atomic E-state index is 12.1. The average Bonchev–Trinajstić information content (AvgIpc) is 2.38. The molecule has 94 valence electrons. The monoisotopic (exact) mass is 251 g/mol. The van der Waals surface area contributed by atoms with Crippen LogP contribution in [0.2, 0.25) is 0 Å². The largest absolute Gasteiger partial charge is 0.342 e. The maximum atomic E-state index is 12.1. The summed E-state index contributed by atoms with van der Waals surface area (Å²) < 4.78 is 0. The van der Waals surface area contributed by atoms with Crippen LogP contribution < -0.4 is 0 Å². The SMILES string of the molecule is CCc1ccc(C(=O)N(C)CCCSC)cc1. The molecule has 0 unspecified atom stereocenters. The maximum Gasteiger partial charge on any atom is 0.253 e. The van der Waals surface area contributed by atoms with E-state index in [1.807, 2.05) is 43.1 Å². The molecule has 0 aliphatic heterocycles. The molecule has 0 atom stereocenters. The fourth-order valence-electron chi connectivity index (χ4n) is 1.65. The topological polar surface area (TPSA) is 20.3 Å². The molecule has 0 N–H and O–H groups in total. The van der Waals surface area contributed by atoms with E-state index in [0.717, 1.165) is 30.7 Å². The molecule has 1 aromatic carbocycles. The van der Waals surface area contributed by atoms with Crippen molar-refractivity contribution < 1.29 is 4.79 Å². The zero-order valence-corrected chi connectivity index (χ0v) is 11.7. The summed E-state index contributed by atoms with van der Waals surface area (Å²) in [5, 5.41) is 0. The number of benzene rings is 1. The van der Waals surface area contributed by atoms with Crippen LogP contribution in [0.3, 0.4) is 0 Å². The Kier molecular flexibility index (Phi) is 6.12. The minimum absolute atomic E-state index is 0.119. The zero-order valence-electron chi connectivity index (χ0n) is 10.9. The van der Waals surface area contributed by atoms with Gasteiger partial charge in [0.25, 0.3) is 5.91 Å². The Labute approximate surface area is 108 Å². The first kappa shape index (κ1) is 14.1. The second-order valence-corrected chi connectivity index (χ2v) is 5.11. The number of amides is 1. The molecule has 0 spiro atoms. The van der Waals surface area contributed by atoms with Crippen molar-refractivity contribution in [1.29, 1.82) is 0 Å². The Morgan fingerprint density at radius 2 is 1.94 bits per heavy atom. The summed E-state index contributed by atoms with van der Waals surface area (Å²) in [5.41, 5.74) is 2.06. The number of carbonyl (C=O) groups excluding carboxylic acids is 1. The highest BCUT2D eigenvalue weighted by molar-refractivity contribution is 7.98. The van der Waals surface area contributed by atoms with E-state index in [9.17, 15) is 4.79 Å². The van der Waals surface area contributed by atoms with E-state index in [0.29, 0.717) is 0 Å². The van der Waals surface area contributed by atoms with Gasteiger partial charge in [-0.15, -0.1) is 0 Å². The Bertz CT molecular complexity index is 348. The van der Waals surface area contributed by atoms with Gasteiger partial charge in [0.05, 0.1) is 0 Å². The molecular weight excluding hydrogens is 230 g/mol. The van der Waals surface area contributed by atoms with Gasteiger partial charge in [-0.2, -0.15) is 11.8 Å². The Balaban J connectivity index is 2.55. The predicted octanol–water partition coefficient (Wildman–Crippen LogP) is 3.07. The van der Waals surface area contributed by atoms with Crippen LogP contribution in [-0.2, 0) is 6.42 Å². The van der Waals surface area contributed by atoms with Crippen molar-refractivity contribution in [2.75, 3.05) is 25.6 Å². The lowest BCUT2D eigenvalue weighted by Gasteiger charge is -2.17. The van der Waals surface area contributed by atoms with E-state index in [2.05, 4.69) is 13.2 Å². The van der Waals surface area contributed by atoms with Crippen molar-refractivity contribution in [2.24, 2.45) is 0 Å². The highest BCUT2D eigenvalue weighted by atomic mass is 32.2. The van der Waals surface area contributed by atoms with Gasteiger partial charge in [0, 0.05) is 19.2 Å². The summed E-state index contributed by atoms with van der Waals surface area (Å²) >= 11 is 1.82. The summed E-state index contributed by atoms with van der Waals surface area (Å²) in [6, 6.07) is 7.91. The van der Waals surface area contributed by atoms with E-state index in [-0.39, 0.29) is 5.91 Å². The lowest BCUT2D eigenvalue weighted by molar-refractivity contribution is 0.0795. The lowest BCUT2D eigenvalue weighted by atomic mass is 10.1. The fraction of sp³-hybridized carbons (Fsp3) is 0.500. The second-order valence-electron chi connectivity index (χ2n) is 4.12. The van der Waals surface area contributed by atoms with Gasteiger partial charge in [-0.3, -0.25) is 4.79 Å². The molecule has 0 saturated heterocycles. The number of carbonyl (C=O) groups is 1. The molecule has 0 heterocycles. The molecule has 0 bridgehead atoms. The van der Waals surface area contributed by atoms with Crippen molar-refractivity contribution in [3.63, 3.8) is 0 Å². The van der Waals surface area contributed by atoms with Crippen LogP contribution in [0.1, 0.15) is 29.3 Å². The van der Waals surface area contributed by atoms with Gasteiger partial charge in [0.1, 0.15) is 0 Å². The number of hydrogen-bond donors (Lipinski definition) is 0. The molecule has 0 aliphatic carbocycles. The van der Waals surface area contributed by atoms with Crippen molar-refractivity contribution in [2.45, 2.75) is 19.8 Å². The van der Waals surface area contributed by atoms with Crippen molar-refractivity contribution in [3.05, 3.63) is 35.4 Å². The molecule has 3 heteroatoms. The number of hydrogen-bond acceptors (Lipinski definition) is 2. The van der Waals surface area contributed by atoms with E-state index < -0.39 is 0 Å². The number of thioether (sulfide) groups is 1. The van der Waals surface area contributed by atoms with E-state index >= 15 is 0 Å². The number of nitrogens with zero attached hydrogens (tertiary/aromatic N) is 1. The minimum Gasteiger partial charge on any atom is -0.342 e. The quantitative estimate of drug-likeness (QED) is 0.724. The molecule has 0 radical (unpaired) electrons. The highest BCUT2D eigenvalue weighted by Crippen LogP contribution is 2.08. The molecule has 1 rings (SSSR count). The molecule has 0 saturated carbocycles. The summed E-state index contributed by atoms with van der Waals surface area (Å²) in [6.45, 7) is 2.95. The van der Waals surface area contributed by atoms with Crippen LogP contribution in [-0.4, -0.2) is 36.4 Å². The van der Waals surface area contributed by atoms with E-state index in [1.54, 1.807) is 4.90 Å². The third kappa shape index (κ3) is 4.43. The Morgan fingerprint density at radius 3 is 2.47 bits per heavy atom. The predicted molar refractivity (Wildman–Crippen MR) is 75.8 cm³/mol. The van der Waals surface area contributed by atoms with E-state index in [4.69, 9.17) is 0 Å². The molecular formula is C14H21NOS. The molecule has 1 amide bonds. The van der Waals surface area contributed by atoms with Crippen LogP contribution in [0, 0.1) is 0 Å². The Hall–Kier alpha value is -0.960. The zero-order chi connectivity index (χ0) is 12.7. The number of aryl methyl sites for hydroxylation is 1. The molecule has 0 aliphatic rings. The first-order valence-corrected chi connectivity index (χ1v) is 7.41. The normalized spacial score (nSPS) is 10.3. The minimum atomic E-state index is 0.119. The lowest BCUT2D eigenvalue weighted by Crippen LogP contribution is -2.28. The number of rotatable bonds is 6. The third-order valence-corrected chi connectivity index (χ3v) is 3.49. The van der Waals surface area contributed by atoms with Gasteiger partial charge in [0.15, 0.2) is 0 Å². The molecule has 17 heavy (non-hydrogen) atoms. The standard InChI is InChI=1S/C14H21NOS/c1-4-12-6-8-13(9-7-12)14(16)15(2)10-5-11-17-3/h6-9H,4-5,10-11H2,1-3H3. The van der Waals surface area contributed by atoms with Crippen LogP contribution in [0.5, 0.6) is 0 Å². The summed E-state index contributed by atoms with van der Waals surface area (Å²) in [7, 11) is 1.87. The van der Waals surface area contributed by atoms with Crippen molar-refractivity contribution in [3.8, 4) is 0 Å². The first-order valence-electron chi connectivity index (χ1n) is 6.02. The van der Waals surface area contributed by atoms with Crippen LogP contribution in [0.4, 0.5) is 0 Å². The van der Waals surface area contributed by atoms with Gasteiger partial charge >= 0.3 is 0 Å².